The highest BCUT2D eigenvalue weighted by Gasteiger charge is 2.45. The van der Waals surface area contributed by atoms with E-state index in [0.717, 1.165) is 51.1 Å². The number of rotatable bonds is 6. The maximum absolute atomic E-state index is 12.6. The highest BCUT2D eigenvalue weighted by molar-refractivity contribution is 5.80. The number of allylic oxidation sites excluding steroid dienone is 2. The molecule has 3 aliphatic rings. The Morgan fingerprint density at radius 2 is 2.20 bits per heavy atom. The number of carbonyl (C=O) groups is 1. The van der Waals surface area contributed by atoms with Crippen LogP contribution < -0.4 is 0 Å². The van der Waals surface area contributed by atoms with Gasteiger partial charge >= 0.3 is 0 Å². The van der Waals surface area contributed by atoms with Crippen molar-refractivity contribution in [1.82, 2.24) is 9.88 Å². The number of pyridine rings is 1. The summed E-state index contributed by atoms with van der Waals surface area (Å²) in [6.07, 6.45) is 10.9. The molecule has 3 heterocycles. The molecule has 1 aromatic heterocycles. The summed E-state index contributed by atoms with van der Waals surface area (Å²) in [5, 5.41) is 0. The summed E-state index contributed by atoms with van der Waals surface area (Å²) in [5.41, 5.74) is 1.10. The highest BCUT2D eigenvalue weighted by Crippen LogP contribution is 2.36. The summed E-state index contributed by atoms with van der Waals surface area (Å²) in [7, 11) is 0. The minimum absolute atomic E-state index is 0.167. The third-order valence-corrected chi connectivity index (χ3v) is 5.73. The first kappa shape index (κ1) is 16.7. The van der Waals surface area contributed by atoms with E-state index in [0.29, 0.717) is 24.3 Å². The van der Waals surface area contributed by atoms with Crippen LogP contribution in [0.2, 0.25) is 0 Å². The molecule has 1 aliphatic carbocycles. The first-order valence-corrected chi connectivity index (χ1v) is 9.33. The minimum atomic E-state index is 0.167. The molecule has 0 bridgehead atoms. The predicted molar refractivity (Wildman–Crippen MR) is 93.7 cm³/mol. The smallest absolute Gasteiger partial charge is 0.226 e. The van der Waals surface area contributed by atoms with Crippen molar-refractivity contribution >= 4 is 5.91 Å². The Labute approximate surface area is 149 Å². The van der Waals surface area contributed by atoms with E-state index in [9.17, 15) is 4.79 Å². The molecule has 5 nitrogen and oxygen atoms in total. The lowest BCUT2D eigenvalue weighted by atomic mass is 9.91. The minimum Gasteiger partial charge on any atom is -0.377 e. The molecular formula is C20H26N2O3. The van der Waals surface area contributed by atoms with Crippen molar-refractivity contribution in [3.05, 3.63) is 42.2 Å². The molecule has 1 aromatic rings. The van der Waals surface area contributed by atoms with Gasteiger partial charge in [-0.05, 0) is 36.8 Å². The summed E-state index contributed by atoms with van der Waals surface area (Å²) < 4.78 is 11.8. The molecule has 2 saturated heterocycles. The van der Waals surface area contributed by atoms with Crippen LogP contribution >= 0.6 is 0 Å². The van der Waals surface area contributed by atoms with Crippen molar-refractivity contribution in [3.63, 3.8) is 0 Å². The number of amides is 1. The lowest BCUT2D eigenvalue weighted by Crippen LogP contribution is -2.35. The molecule has 0 N–H and O–H groups in total. The number of hydrogen-bond acceptors (Lipinski definition) is 4. The van der Waals surface area contributed by atoms with Crippen molar-refractivity contribution in [3.8, 4) is 0 Å². The quantitative estimate of drug-likeness (QED) is 0.588. The molecule has 0 spiro atoms. The first-order chi connectivity index (χ1) is 12.3. The van der Waals surface area contributed by atoms with Gasteiger partial charge in [0.2, 0.25) is 5.91 Å². The zero-order valence-electron chi connectivity index (χ0n) is 14.5. The van der Waals surface area contributed by atoms with Gasteiger partial charge in [-0.25, -0.2) is 0 Å². The number of nitrogens with zero attached hydrogens (tertiary/aromatic N) is 2. The Kier molecular flexibility index (Phi) is 5.13. The lowest BCUT2D eigenvalue weighted by molar-refractivity contribution is -0.134. The zero-order valence-corrected chi connectivity index (χ0v) is 14.5. The molecule has 134 valence electrons. The van der Waals surface area contributed by atoms with E-state index in [1.165, 1.54) is 0 Å². The molecule has 3 atom stereocenters. The molecule has 25 heavy (non-hydrogen) atoms. The number of ether oxygens (including phenoxy) is 2. The lowest BCUT2D eigenvalue weighted by Gasteiger charge is -2.22. The van der Waals surface area contributed by atoms with Crippen LogP contribution in [0.3, 0.4) is 0 Å². The summed E-state index contributed by atoms with van der Waals surface area (Å²) in [6.45, 7) is 3.76. The van der Waals surface area contributed by atoms with Gasteiger partial charge in [0.05, 0.1) is 19.3 Å². The number of hydrogen-bond donors (Lipinski definition) is 0. The zero-order chi connectivity index (χ0) is 17.1. The molecule has 2 aliphatic heterocycles. The summed E-state index contributed by atoms with van der Waals surface area (Å²) >= 11 is 0. The Bertz CT molecular complexity index is 611. The van der Waals surface area contributed by atoms with Crippen LogP contribution in [0.5, 0.6) is 0 Å². The van der Waals surface area contributed by atoms with Crippen molar-refractivity contribution in [2.75, 3.05) is 26.3 Å². The van der Waals surface area contributed by atoms with Crippen molar-refractivity contribution < 1.29 is 14.3 Å². The second kappa shape index (κ2) is 7.67. The average Bonchev–Trinajstić information content (AvgIpc) is 3.37. The largest absolute Gasteiger partial charge is 0.377 e. The summed E-state index contributed by atoms with van der Waals surface area (Å²) in [6, 6.07) is 3.96. The van der Waals surface area contributed by atoms with Crippen LogP contribution in [0.1, 0.15) is 24.8 Å². The molecular weight excluding hydrogens is 316 g/mol. The Morgan fingerprint density at radius 3 is 3.00 bits per heavy atom. The standard InChI is InChI=1S/C20H26N2O3/c23-20(16-5-1-2-6-16)22-11-18-17(14-25-19(18)12-22)7-9-24-13-15-4-3-8-21-10-15/h1-4,8,10,16-19H,5-7,9,11-14H2/t17-,18-,19-/m0/s1. The van der Waals surface area contributed by atoms with Crippen molar-refractivity contribution in [2.45, 2.75) is 32.0 Å². The molecule has 0 radical (unpaired) electrons. The molecule has 5 heteroatoms. The predicted octanol–water partition coefficient (Wildman–Crippen LogP) is 2.43. The van der Waals surface area contributed by atoms with Gasteiger partial charge in [-0.2, -0.15) is 0 Å². The van der Waals surface area contributed by atoms with Crippen molar-refractivity contribution in [1.29, 1.82) is 0 Å². The van der Waals surface area contributed by atoms with E-state index in [1.807, 2.05) is 23.2 Å². The normalized spacial score (nSPS) is 28.6. The molecule has 2 fully saturated rings. The van der Waals surface area contributed by atoms with E-state index < -0.39 is 0 Å². The SMILES string of the molecule is O=C(C1CC=CC1)N1C[C@H]2[C@@H](CCOCc3cccnc3)CO[C@H]2C1. The molecule has 0 aromatic carbocycles. The molecule has 0 unspecified atom stereocenters. The monoisotopic (exact) mass is 342 g/mol. The van der Waals surface area contributed by atoms with E-state index >= 15 is 0 Å². The van der Waals surface area contributed by atoms with Gasteiger partial charge in [-0.15, -0.1) is 0 Å². The second-order valence-electron chi connectivity index (χ2n) is 7.38. The molecule has 4 rings (SSSR count). The van der Waals surface area contributed by atoms with Crippen LogP contribution in [-0.2, 0) is 20.9 Å². The third-order valence-electron chi connectivity index (χ3n) is 5.73. The van der Waals surface area contributed by atoms with Crippen LogP contribution in [0.4, 0.5) is 0 Å². The number of fused-ring (bicyclic) bond motifs is 1. The van der Waals surface area contributed by atoms with Gasteiger partial charge in [-0.3, -0.25) is 9.78 Å². The number of likely N-dealkylation sites (tertiary alicyclic amines) is 1. The fourth-order valence-electron chi connectivity index (χ4n) is 4.26. The Hall–Kier alpha value is -1.72. The summed E-state index contributed by atoms with van der Waals surface area (Å²) in [4.78, 5) is 18.7. The van der Waals surface area contributed by atoms with Gasteiger partial charge < -0.3 is 14.4 Å². The van der Waals surface area contributed by atoms with Crippen LogP contribution in [0.15, 0.2) is 36.7 Å². The van der Waals surface area contributed by atoms with Crippen LogP contribution in [-0.4, -0.2) is 48.2 Å². The average molecular weight is 342 g/mol. The highest BCUT2D eigenvalue weighted by atomic mass is 16.5. The third kappa shape index (κ3) is 3.77. The molecule has 1 amide bonds. The number of aromatic nitrogens is 1. The van der Waals surface area contributed by atoms with E-state index in [-0.39, 0.29) is 12.0 Å². The second-order valence-corrected chi connectivity index (χ2v) is 7.38. The van der Waals surface area contributed by atoms with Crippen molar-refractivity contribution in [2.24, 2.45) is 17.8 Å². The molecule has 0 saturated carbocycles. The first-order valence-electron chi connectivity index (χ1n) is 9.33. The fourth-order valence-corrected chi connectivity index (χ4v) is 4.26. The maximum atomic E-state index is 12.6. The van der Waals surface area contributed by atoms with Gasteiger partial charge in [0.1, 0.15) is 0 Å². The van der Waals surface area contributed by atoms with Gasteiger partial charge in [0.25, 0.3) is 0 Å². The number of carbonyl (C=O) groups excluding carboxylic acids is 1. The van der Waals surface area contributed by atoms with Gasteiger partial charge in [0.15, 0.2) is 0 Å². The van der Waals surface area contributed by atoms with E-state index in [4.69, 9.17) is 9.47 Å². The maximum Gasteiger partial charge on any atom is 0.226 e. The van der Waals surface area contributed by atoms with Gasteiger partial charge in [-0.1, -0.05) is 18.2 Å². The van der Waals surface area contributed by atoms with Crippen LogP contribution in [0, 0.1) is 17.8 Å². The fraction of sp³-hybridized carbons (Fsp3) is 0.600. The van der Waals surface area contributed by atoms with Crippen LogP contribution in [0.25, 0.3) is 0 Å². The topological polar surface area (TPSA) is 51.7 Å². The van der Waals surface area contributed by atoms with E-state index in [1.54, 1.807) is 6.20 Å². The Balaban J connectivity index is 1.22. The van der Waals surface area contributed by atoms with E-state index in [2.05, 4.69) is 17.1 Å². The Morgan fingerprint density at radius 1 is 1.32 bits per heavy atom. The van der Waals surface area contributed by atoms with Gasteiger partial charge in [0, 0.05) is 43.9 Å². The summed E-state index contributed by atoms with van der Waals surface area (Å²) in [5.74, 6) is 1.45.